The Morgan fingerprint density at radius 1 is 1.28 bits per heavy atom. The van der Waals surface area contributed by atoms with Crippen LogP contribution >= 0.6 is 11.5 Å². The monoisotopic (exact) mass is 281 g/mol. The first-order valence-electron chi connectivity index (χ1n) is 5.75. The predicted molar refractivity (Wildman–Crippen MR) is 61.4 cm³/mol. The number of alkyl halides is 3. The molecular formula is C10H14F3N3OS. The first-order chi connectivity index (χ1) is 8.45. The molecule has 2 rings (SSSR count). The predicted octanol–water partition coefficient (Wildman–Crippen LogP) is 2.66. The third-order valence-corrected chi connectivity index (χ3v) is 3.80. The second kappa shape index (κ2) is 5.00. The summed E-state index contributed by atoms with van der Waals surface area (Å²) in [6, 6.07) is 0. The van der Waals surface area contributed by atoms with Crippen LogP contribution in [0.2, 0.25) is 0 Å². The van der Waals surface area contributed by atoms with Crippen molar-refractivity contribution in [1.82, 2.24) is 9.36 Å². The van der Waals surface area contributed by atoms with Gasteiger partial charge in [-0.3, -0.25) is 0 Å². The van der Waals surface area contributed by atoms with Crippen LogP contribution in [0.15, 0.2) is 0 Å². The summed E-state index contributed by atoms with van der Waals surface area (Å²) in [7, 11) is 0. The van der Waals surface area contributed by atoms with Gasteiger partial charge in [-0.2, -0.15) is 22.5 Å². The fraction of sp³-hybridized carbons (Fsp3) is 0.800. The number of aliphatic hydroxyl groups is 1. The molecule has 1 aromatic heterocycles. The Balaban J connectivity index is 2.10. The number of nitrogens with zero attached hydrogens (tertiary/aromatic N) is 2. The van der Waals surface area contributed by atoms with Gasteiger partial charge in [0.2, 0.25) is 11.0 Å². The molecule has 1 aliphatic rings. The number of hydrogen-bond donors (Lipinski definition) is 2. The fourth-order valence-corrected chi connectivity index (χ4v) is 2.87. The molecule has 0 bridgehead atoms. The standard InChI is InChI=1S/C10H14F3N3OS/c11-10(12,13)7-14-8(18-16-7)15-9(6-17)4-2-1-3-5-9/h17H,1-6H2,(H,14,15,16). The van der Waals surface area contributed by atoms with Crippen LogP contribution in [-0.4, -0.2) is 26.6 Å². The molecule has 0 spiro atoms. The maximum absolute atomic E-state index is 12.4. The van der Waals surface area contributed by atoms with E-state index in [9.17, 15) is 18.3 Å². The third-order valence-electron chi connectivity index (χ3n) is 3.16. The molecule has 18 heavy (non-hydrogen) atoms. The van der Waals surface area contributed by atoms with Crippen molar-refractivity contribution in [1.29, 1.82) is 0 Å². The van der Waals surface area contributed by atoms with Crippen molar-refractivity contribution in [2.45, 2.75) is 43.8 Å². The number of anilines is 1. The summed E-state index contributed by atoms with van der Waals surface area (Å²) in [5.41, 5.74) is -0.541. The van der Waals surface area contributed by atoms with E-state index >= 15 is 0 Å². The topological polar surface area (TPSA) is 58.0 Å². The first kappa shape index (κ1) is 13.5. The van der Waals surface area contributed by atoms with Crippen LogP contribution in [0.1, 0.15) is 37.9 Å². The maximum Gasteiger partial charge on any atom is 0.452 e. The molecule has 0 aliphatic heterocycles. The summed E-state index contributed by atoms with van der Waals surface area (Å²) in [6.45, 7) is -0.103. The van der Waals surface area contributed by atoms with Gasteiger partial charge in [0.15, 0.2) is 0 Å². The second-order valence-electron chi connectivity index (χ2n) is 4.55. The molecule has 2 N–H and O–H groups in total. The van der Waals surface area contributed by atoms with E-state index in [1.165, 1.54) is 0 Å². The highest BCUT2D eigenvalue weighted by atomic mass is 32.1. The van der Waals surface area contributed by atoms with Crippen LogP contribution in [0.4, 0.5) is 18.3 Å². The third kappa shape index (κ3) is 2.92. The SMILES string of the molecule is OCC1(Nc2nc(C(F)(F)F)ns2)CCCCC1. The summed E-state index contributed by atoms with van der Waals surface area (Å²) >= 11 is 0.681. The highest BCUT2D eigenvalue weighted by molar-refractivity contribution is 7.09. The molecule has 1 aromatic rings. The maximum atomic E-state index is 12.4. The Bertz CT molecular complexity index is 401. The molecule has 0 aromatic carbocycles. The molecule has 1 heterocycles. The van der Waals surface area contributed by atoms with Gasteiger partial charge in [-0.1, -0.05) is 19.3 Å². The lowest BCUT2D eigenvalue weighted by Gasteiger charge is -2.36. The van der Waals surface area contributed by atoms with Gasteiger partial charge >= 0.3 is 6.18 Å². The number of aromatic nitrogens is 2. The van der Waals surface area contributed by atoms with E-state index in [1.54, 1.807) is 0 Å². The van der Waals surface area contributed by atoms with Crippen LogP contribution in [0.25, 0.3) is 0 Å². The molecule has 102 valence electrons. The Labute approximate surface area is 106 Å². The van der Waals surface area contributed by atoms with Gasteiger partial charge in [-0.25, -0.2) is 0 Å². The lowest BCUT2D eigenvalue weighted by Crippen LogP contribution is -2.43. The van der Waals surface area contributed by atoms with Crippen LogP contribution in [0.5, 0.6) is 0 Å². The molecular weight excluding hydrogens is 267 g/mol. The largest absolute Gasteiger partial charge is 0.452 e. The van der Waals surface area contributed by atoms with E-state index in [0.29, 0.717) is 11.5 Å². The lowest BCUT2D eigenvalue weighted by atomic mass is 9.82. The zero-order chi connectivity index (χ0) is 13.2. The highest BCUT2D eigenvalue weighted by Gasteiger charge is 2.37. The molecule has 0 radical (unpaired) electrons. The quantitative estimate of drug-likeness (QED) is 0.894. The van der Waals surface area contributed by atoms with E-state index in [-0.39, 0.29) is 11.7 Å². The van der Waals surface area contributed by atoms with E-state index < -0.39 is 17.5 Å². The molecule has 1 fully saturated rings. The van der Waals surface area contributed by atoms with Crippen LogP contribution in [-0.2, 0) is 6.18 Å². The van der Waals surface area contributed by atoms with E-state index in [2.05, 4.69) is 14.7 Å². The number of nitrogens with one attached hydrogen (secondary N) is 1. The minimum absolute atomic E-state index is 0.103. The van der Waals surface area contributed by atoms with Gasteiger partial charge in [0.25, 0.3) is 0 Å². The first-order valence-corrected chi connectivity index (χ1v) is 6.52. The Morgan fingerprint density at radius 3 is 2.44 bits per heavy atom. The van der Waals surface area contributed by atoms with E-state index in [1.807, 2.05) is 0 Å². The van der Waals surface area contributed by atoms with Crippen molar-refractivity contribution >= 4 is 16.7 Å². The Hall–Kier alpha value is -0.890. The van der Waals surface area contributed by atoms with Crippen molar-refractivity contribution < 1.29 is 18.3 Å². The van der Waals surface area contributed by atoms with Crippen LogP contribution in [0.3, 0.4) is 0 Å². The van der Waals surface area contributed by atoms with E-state index in [0.717, 1.165) is 32.1 Å². The van der Waals surface area contributed by atoms with Gasteiger partial charge in [0, 0.05) is 11.5 Å². The van der Waals surface area contributed by atoms with Crippen molar-refractivity contribution in [2.75, 3.05) is 11.9 Å². The van der Waals surface area contributed by atoms with Crippen molar-refractivity contribution in [2.24, 2.45) is 0 Å². The average Bonchev–Trinajstić information content (AvgIpc) is 2.78. The van der Waals surface area contributed by atoms with E-state index in [4.69, 9.17) is 0 Å². The second-order valence-corrected chi connectivity index (χ2v) is 5.30. The molecule has 0 saturated heterocycles. The summed E-state index contributed by atoms with van der Waals surface area (Å²) in [5.74, 6) is -1.13. The van der Waals surface area contributed by atoms with Gasteiger partial charge in [0.05, 0.1) is 12.1 Å². The van der Waals surface area contributed by atoms with Crippen molar-refractivity contribution in [3.8, 4) is 0 Å². The highest BCUT2D eigenvalue weighted by Crippen LogP contribution is 2.34. The molecule has 4 nitrogen and oxygen atoms in total. The number of hydrogen-bond acceptors (Lipinski definition) is 5. The molecule has 8 heteroatoms. The minimum atomic E-state index is -4.52. The summed E-state index contributed by atoms with van der Waals surface area (Å²) in [5, 5.41) is 12.5. The molecule has 0 unspecified atom stereocenters. The smallest absolute Gasteiger partial charge is 0.394 e. The van der Waals surface area contributed by atoms with Crippen LogP contribution in [0, 0.1) is 0 Å². The van der Waals surface area contributed by atoms with Gasteiger partial charge < -0.3 is 10.4 Å². The summed E-state index contributed by atoms with van der Waals surface area (Å²) in [6.07, 6.45) is -0.0332. The van der Waals surface area contributed by atoms with Crippen molar-refractivity contribution in [3.63, 3.8) is 0 Å². The van der Waals surface area contributed by atoms with Gasteiger partial charge in [0.1, 0.15) is 0 Å². The molecule has 1 aliphatic carbocycles. The zero-order valence-corrected chi connectivity index (χ0v) is 10.4. The van der Waals surface area contributed by atoms with Crippen molar-refractivity contribution in [3.05, 3.63) is 5.82 Å². The molecule has 1 saturated carbocycles. The number of rotatable bonds is 3. The van der Waals surface area contributed by atoms with Gasteiger partial charge in [-0.15, -0.1) is 0 Å². The fourth-order valence-electron chi connectivity index (χ4n) is 2.17. The Kier molecular flexibility index (Phi) is 3.76. The minimum Gasteiger partial charge on any atom is -0.394 e. The van der Waals surface area contributed by atoms with Crippen LogP contribution < -0.4 is 5.32 Å². The average molecular weight is 281 g/mol. The Morgan fingerprint density at radius 2 is 1.94 bits per heavy atom. The van der Waals surface area contributed by atoms with Gasteiger partial charge in [-0.05, 0) is 12.8 Å². The molecule has 0 amide bonds. The summed E-state index contributed by atoms with van der Waals surface area (Å²) in [4.78, 5) is 3.43. The lowest BCUT2D eigenvalue weighted by molar-refractivity contribution is -0.144. The molecule has 0 atom stereocenters. The summed E-state index contributed by atoms with van der Waals surface area (Å²) < 4.78 is 40.4. The number of aliphatic hydroxyl groups excluding tert-OH is 1. The number of halogens is 3. The zero-order valence-electron chi connectivity index (χ0n) is 9.63. The normalized spacial score (nSPS) is 19.8.